The van der Waals surface area contributed by atoms with Gasteiger partial charge in [0.2, 0.25) is 0 Å². The third kappa shape index (κ3) is 5.72. The van der Waals surface area contributed by atoms with Crippen LogP contribution in [-0.2, 0) is 6.54 Å². The number of thiophene rings is 1. The number of hydrogen-bond donors (Lipinski definition) is 2. The minimum absolute atomic E-state index is 0. The number of halogens is 1. The lowest BCUT2D eigenvalue weighted by molar-refractivity contribution is 0.684. The molecular weight excluding hydrogens is 345 g/mol. The van der Waals surface area contributed by atoms with Crippen LogP contribution in [0.1, 0.15) is 24.8 Å². The highest BCUT2D eigenvalue weighted by atomic mass is 127. The van der Waals surface area contributed by atoms with Crippen LogP contribution in [0.25, 0.3) is 0 Å². The van der Waals surface area contributed by atoms with Crippen LogP contribution in [-0.4, -0.2) is 19.6 Å². The molecule has 0 unspecified atom stereocenters. The summed E-state index contributed by atoms with van der Waals surface area (Å²) in [6, 6.07) is 2.13. The molecule has 1 saturated carbocycles. The van der Waals surface area contributed by atoms with Crippen molar-refractivity contribution in [3.05, 3.63) is 22.4 Å². The second-order valence-electron chi connectivity index (χ2n) is 4.22. The average molecular weight is 365 g/mol. The summed E-state index contributed by atoms with van der Waals surface area (Å²) in [6.07, 6.45) is 4.12. The smallest absolute Gasteiger partial charge is 0.191 e. The fourth-order valence-corrected chi connectivity index (χ4v) is 2.27. The Labute approximate surface area is 124 Å². The van der Waals surface area contributed by atoms with Crippen molar-refractivity contribution >= 4 is 41.3 Å². The maximum absolute atomic E-state index is 4.20. The molecule has 0 radical (unpaired) electrons. The predicted octanol–water partition coefficient (Wildman–Crippen LogP) is 2.83. The number of nitrogens with one attached hydrogen (secondary N) is 2. The molecule has 0 amide bonds. The molecule has 2 N–H and O–H groups in total. The molecular formula is C12H20IN3S. The van der Waals surface area contributed by atoms with Crippen molar-refractivity contribution in [1.29, 1.82) is 0 Å². The average Bonchev–Trinajstić information content (AvgIpc) is 2.97. The molecule has 5 heteroatoms. The highest BCUT2D eigenvalue weighted by Crippen LogP contribution is 2.31. The quantitative estimate of drug-likeness (QED) is 0.478. The van der Waals surface area contributed by atoms with Crippen molar-refractivity contribution in [2.45, 2.75) is 25.8 Å². The maximum Gasteiger partial charge on any atom is 0.191 e. The molecule has 1 aliphatic rings. The van der Waals surface area contributed by atoms with Gasteiger partial charge in [-0.15, -0.1) is 24.0 Å². The number of hydrogen-bond acceptors (Lipinski definition) is 2. The van der Waals surface area contributed by atoms with Gasteiger partial charge in [0.15, 0.2) is 5.96 Å². The summed E-state index contributed by atoms with van der Waals surface area (Å²) in [5.41, 5.74) is 1.31. The van der Waals surface area contributed by atoms with Gasteiger partial charge in [-0.25, -0.2) is 0 Å². The van der Waals surface area contributed by atoms with Gasteiger partial charge in [0.05, 0.1) is 0 Å². The summed E-state index contributed by atoms with van der Waals surface area (Å²) >= 11 is 1.73. The summed E-state index contributed by atoms with van der Waals surface area (Å²) in [4.78, 5) is 4.20. The molecule has 1 aromatic heterocycles. The van der Waals surface area contributed by atoms with E-state index in [2.05, 4.69) is 32.5 Å². The minimum Gasteiger partial charge on any atom is -0.356 e. The van der Waals surface area contributed by atoms with Gasteiger partial charge >= 0.3 is 0 Å². The first-order valence-corrected chi connectivity index (χ1v) is 6.78. The molecule has 0 aliphatic heterocycles. The Morgan fingerprint density at radius 3 is 2.88 bits per heavy atom. The van der Waals surface area contributed by atoms with Gasteiger partial charge in [-0.05, 0) is 34.7 Å². The van der Waals surface area contributed by atoms with E-state index >= 15 is 0 Å². The first-order chi connectivity index (χ1) is 7.88. The first-order valence-electron chi connectivity index (χ1n) is 5.84. The topological polar surface area (TPSA) is 36.4 Å². The van der Waals surface area contributed by atoms with Crippen molar-refractivity contribution in [2.75, 3.05) is 13.6 Å². The number of nitrogens with zero attached hydrogens (tertiary/aromatic N) is 1. The van der Waals surface area contributed by atoms with E-state index in [0.717, 1.165) is 25.0 Å². The standard InChI is InChI=1S/C12H19N3S.HI/c1-13-12(14-6-4-10-2-3-10)15-8-11-5-7-16-9-11;/h5,7,9-10H,2-4,6,8H2,1H3,(H2,13,14,15);1H. The maximum atomic E-state index is 4.20. The van der Waals surface area contributed by atoms with E-state index in [1.807, 2.05) is 7.05 Å². The van der Waals surface area contributed by atoms with Crippen molar-refractivity contribution in [1.82, 2.24) is 10.6 Å². The van der Waals surface area contributed by atoms with Crippen molar-refractivity contribution in [2.24, 2.45) is 10.9 Å². The van der Waals surface area contributed by atoms with Crippen LogP contribution in [0.5, 0.6) is 0 Å². The van der Waals surface area contributed by atoms with Gasteiger partial charge in [-0.3, -0.25) is 4.99 Å². The lowest BCUT2D eigenvalue weighted by Crippen LogP contribution is -2.37. The Bertz CT molecular complexity index is 334. The van der Waals surface area contributed by atoms with E-state index in [4.69, 9.17) is 0 Å². The minimum atomic E-state index is 0. The Morgan fingerprint density at radius 1 is 1.47 bits per heavy atom. The Balaban J connectivity index is 0.00000144. The van der Waals surface area contributed by atoms with E-state index in [-0.39, 0.29) is 24.0 Å². The van der Waals surface area contributed by atoms with Crippen molar-refractivity contribution in [3.8, 4) is 0 Å². The molecule has 0 bridgehead atoms. The second-order valence-corrected chi connectivity index (χ2v) is 5.00. The van der Waals surface area contributed by atoms with Gasteiger partial charge in [0.25, 0.3) is 0 Å². The lowest BCUT2D eigenvalue weighted by Gasteiger charge is -2.10. The SMILES string of the molecule is CN=C(NCCC1CC1)NCc1ccsc1.I. The molecule has 2 rings (SSSR count). The Morgan fingerprint density at radius 2 is 2.29 bits per heavy atom. The molecule has 0 saturated heterocycles. The molecule has 17 heavy (non-hydrogen) atoms. The zero-order valence-corrected chi connectivity index (χ0v) is 13.3. The van der Waals surface area contributed by atoms with Crippen LogP contribution in [0.4, 0.5) is 0 Å². The zero-order chi connectivity index (χ0) is 11.2. The number of guanidine groups is 1. The third-order valence-corrected chi connectivity index (χ3v) is 3.54. The van der Waals surface area contributed by atoms with Crippen molar-refractivity contribution < 1.29 is 0 Å². The molecule has 1 heterocycles. The molecule has 96 valence electrons. The predicted molar refractivity (Wildman–Crippen MR) is 85.3 cm³/mol. The lowest BCUT2D eigenvalue weighted by atomic mass is 10.3. The van der Waals surface area contributed by atoms with E-state index in [9.17, 15) is 0 Å². The van der Waals surface area contributed by atoms with Crippen LogP contribution in [0.2, 0.25) is 0 Å². The number of rotatable bonds is 5. The van der Waals surface area contributed by atoms with Gasteiger partial charge < -0.3 is 10.6 Å². The van der Waals surface area contributed by atoms with Crippen molar-refractivity contribution in [3.63, 3.8) is 0 Å². The Hall–Kier alpha value is -0.300. The highest BCUT2D eigenvalue weighted by molar-refractivity contribution is 14.0. The van der Waals surface area contributed by atoms with Crippen LogP contribution < -0.4 is 10.6 Å². The van der Waals surface area contributed by atoms with E-state index < -0.39 is 0 Å². The van der Waals surface area contributed by atoms with Crippen LogP contribution in [0, 0.1) is 5.92 Å². The van der Waals surface area contributed by atoms with Gasteiger partial charge in [-0.1, -0.05) is 12.8 Å². The molecule has 0 spiro atoms. The highest BCUT2D eigenvalue weighted by Gasteiger charge is 2.20. The van der Waals surface area contributed by atoms with Crippen LogP contribution in [0.15, 0.2) is 21.8 Å². The summed E-state index contributed by atoms with van der Waals surface area (Å²) in [7, 11) is 1.82. The molecule has 1 aliphatic carbocycles. The molecule has 3 nitrogen and oxygen atoms in total. The largest absolute Gasteiger partial charge is 0.356 e. The fourth-order valence-electron chi connectivity index (χ4n) is 1.60. The van der Waals surface area contributed by atoms with E-state index in [1.54, 1.807) is 11.3 Å². The molecule has 0 atom stereocenters. The van der Waals surface area contributed by atoms with Gasteiger partial charge in [0.1, 0.15) is 0 Å². The molecule has 1 aromatic rings. The monoisotopic (exact) mass is 365 g/mol. The number of aliphatic imine (C=N–C) groups is 1. The van der Waals surface area contributed by atoms with Gasteiger partial charge in [-0.2, -0.15) is 11.3 Å². The molecule has 1 fully saturated rings. The van der Waals surface area contributed by atoms with Crippen LogP contribution >= 0.6 is 35.3 Å². The normalized spacial score (nSPS) is 15.2. The van der Waals surface area contributed by atoms with E-state index in [0.29, 0.717) is 0 Å². The summed E-state index contributed by atoms with van der Waals surface area (Å²) in [5, 5.41) is 10.9. The second kappa shape index (κ2) is 7.92. The fraction of sp³-hybridized carbons (Fsp3) is 0.583. The van der Waals surface area contributed by atoms with E-state index in [1.165, 1.54) is 24.8 Å². The summed E-state index contributed by atoms with van der Waals surface area (Å²) in [6.45, 7) is 1.89. The van der Waals surface area contributed by atoms with Crippen LogP contribution in [0.3, 0.4) is 0 Å². The third-order valence-electron chi connectivity index (χ3n) is 2.81. The first kappa shape index (κ1) is 14.8. The zero-order valence-electron chi connectivity index (χ0n) is 10.1. The summed E-state index contributed by atoms with van der Waals surface area (Å²) in [5.74, 6) is 1.88. The molecule has 0 aromatic carbocycles. The Kier molecular flexibility index (Phi) is 6.87. The summed E-state index contributed by atoms with van der Waals surface area (Å²) < 4.78 is 0. The van der Waals surface area contributed by atoms with Gasteiger partial charge in [0, 0.05) is 20.1 Å².